The van der Waals surface area contributed by atoms with Gasteiger partial charge < -0.3 is 14.2 Å². The van der Waals surface area contributed by atoms with Gasteiger partial charge in [-0.3, -0.25) is 4.57 Å². The lowest BCUT2D eigenvalue weighted by molar-refractivity contribution is -0.0913. The predicted molar refractivity (Wildman–Crippen MR) is 169 cm³/mol. The number of imidazole rings is 1. The Morgan fingerprint density at radius 3 is 1.91 bits per heavy atom. The summed E-state index contributed by atoms with van der Waals surface area (Å²) < 4.78 is 21.4. The second-order valence-corrected chi connectivity index (χ2v) is 11.5. The van der Waals surface area contributed by atoms with E-state index in [1.165, 1.54) is 0 Å². The molecule has 226 valence electrons. The maximum Gasteiger partial charge on any atom is 0.219 e. The summed E-state index contributed by atoms with van der Waals surface area (Å²) in [5.41, 5.74) is 21.9. The molecule has 0 spiro atoms. The summed E-state index contributed by atoms with van der Waals surface area (Å²) in [6.07, 6.45) is 0.753. The van der Waals surface area contributed by atoms with E-state index in [1.807, 2.05) is 95.6 Å². The highest BCUT2D eigenvalue weighted by Gasteiger charge is 2.47. The van der Waals surface area contributed by atoms with Crippen LogP contribution < -0.4 is 0 Å². The standard InChI is InChI=1S/C31H28N10O3S/c32-39-37-28-25-29(36-31(35-28)38-40-33)41(20-34-25)30-27(44-18-23-14-8-3-9-15-23)26(43-17-22-12-6-2-7-13-22)24(45-30)19-42-16-21-10-4-1-5-11-21/h1-15,20,24,26-27,30H,16-19H2/t24-,26-,27+,30-/m1/s1. The number of hydrogen-bond acceptors (Lipinski definition) is 9. The molecule has 0 bridgehead atoms. The van der Waals surface area contributed by atoms with E-state index in [2.05, 4.69) is 35.0 Å². The second-order valence-electron chi connectivity index (χ2n) is 10.1. The van der Waals surface area contributed by atoms with Crippen molar-refractivity contribution in [1.82, 2.24) is 19.5 Å². The third-order valence-corrected chi connectivity index (χ3v) is 8.72. The van der Waals surface area contributed by atoms with Crippen LogP contribution in [0.3, 0.4) is 0 Å². The summed E-state index contributed by atoms with van der Waals surface area (Å²) in [4.78, 5) is 18.7. The molecule has 0 N–H and O–H groups in total. The molecule has 3 heterocycles. The molecule has 13 nitrogen and oxygen atoms in total. The number of aromatic nitrogens is 4. The van der Waals surface area contributed by atoms with Crippen LogP contribution >= 0.6 is 11.8 Å². The Labute approximate surface area is 262 Å². The zero-order chi connectivity index (χ0) is 30.8. The number of rotatable bonds is 13. The average molecular weight is 621 g/mol. The van der Waals surface area contributed by atoms with Crippen LogP contribution in [-0.2, 0) is 34.0 Å². The topological polar surface area (TPSA) is 169 Å². The van der Waals surface area contributed by atoms with Crippen LogP contribution in [0.4, 0.5) is 11.8 Å². The van der Waals surface area contributed by atoms with Crippen molar-refractivity contribution in [1.29, 1.82) is 0 Å². The van der Waals surface area contributed by atoms with E-state index in [0.29, 0.717) is 32.1 Å². The van der Waals surface area contributed by atoms with Gasteiger partial charge in [0.15, 0.2) is 11.5 Å². The minimum atomic E-state index is -0.470. The van der Waals surface area contributed by atoms with Gasteiger partial charge in [0.25, 0.3) is 0 Å². The molecule has 3 aromatic carbocycles. The molecule has 1 saturated heterocycles. The van der Waals surface area contributed by atoms with Crippen molar-refractivity contribution in [3.8, 4) is 0 Å². The average Bonchev–Trinajstić information content (AvgIpc) is 3.65. The second kappa shape index (κ2) is 14.7. The van der Waals surface area contributed by atoms with Crippen LogP contribution in [0.2, 0.25) is 0 Å². The van der Waals surface area contributed by atoms with Crippen molar-refractivity contribution in [2.24, 2.45) is 10.2 Å². The number of benzene rings is 3. The fourth-order valence-corrected chi connectivity index (χ4v) is 6.71. The van der Waals surface area contributed by atoms with E-state index in [1.54, 1.807) is 18.1 Å². The van der Waals surface area contributed by atoms with Crippen LogP contribution in [0.25, 0.3) is 32.0 Å². The zero-order valence-electron chi connectivity index (χ0n) is 24.0. The first kappa shape index (κ1) is 30.1. The Hall–Kier alpha value is -4.94. The van der Waals surface area contributed by atoms with Crippen molar-refractivity contribution < 1.29 is 14.2 Å². The van der Waals surface area contributed by atoms with Gasteiger partial charge in [-0.1, -0.05) is 91.0 Å². The largest absolute Gasteiger partial charge is 0.376 e. The number of azide groups is 2. The van der Waals surface area contributed by atoms with E-state index in [0.717, 1.165) is 16.7 Å². The van der Waals surface area contributed by atoms with Gasteiger partial charge in [-0.05, 0) is 38.0 Å². The Morgan fingerprint density at radius 1 is 0.733 bits per heavy atom. The molecule has 0 radical (unpaired) electrons. The Kier molecular flexibility index (Phi) is 9.83. The van der Waals surface area contributed by atoms with Gasteiger partial charge in [-0.2, -0.15) is 0 Å². The van der Waals surface area contributed by atoms with Crippen LogP contribution in [0.15, 0.2) is 108 Å². The molecular formula is C31H28N10O3S. The van der Waals surface area contributed by atoms with Crippen LogP contribution in [-0.4, -0.2) is 43.6 Å². The number of hydrogen-bond donors (Lipinski definition) is 0. The zero-order valence-corrected chi connectivity index (χ0v) is 24.8. The molecule has 5 aromatic rings. The summed E-state index contributed by atoms with van der Waals surface area (Å²) in [5, 5.41) is 6.71. The fraction of sp³-hybridized carbons (Fsp3) is 0.258. The van der Waals surface area contributed by atoms with E-state index in [-0.39, 0.29) is 34.0 Å². The molecule has 45 heavy (non-hydrogen) atoms. The van der Waals surface area contributed by atoms with Gasteiger partial charge in [-0.15, -0.1) is 11.8 Å². The maximum atomic E-state index is 9.13. The molecular weight excluding hydrogens is 592 g/mol. The lowest BCUT2D eigenvalue weighted by atomic mass is 10.1. The molecule has 2 aromatic heterocycles. The van der Waals surface area contributed by atoms with Crippen LogP contribution in [0.5, 0.6) is 0 Å². The van der Waals surface area contributed by atoms with Gasteiger partial charge in [0, 0.05) is 9.82 Å². The molecule has 0 aliphatic carbocycles. The third-order valence-electron chi connectivity index (χ3n) is 7.19. The lowest BCUT2D eigenvalue weighted by Gasteiger charge is -2.27. The van der Waals surface area contributed by atoms with Crippen molar-refractivity contribution in [3.63, 3.8) is 0 Å². The van der Waals surface area contributed by atoms with Crippen molar-refractivity contribution in [2.45, 2.75) is 42.7 Å². The van der Waals surface area contributed by atoms with E-state index in [9.17, 15) is 0 Å². The molecule has 14 heteroatoms. The molecule has 1 aliphatic rings. The quantitative estimate of drug-likeness (QED) is 0.0737. The molecule has 4 atom stereocenters. The normalized spacial score (nSPS) is 19.2. The number of nitrogens with zero attached hydrogens (tertiary/aromatic N) is 10. The van der Waals surface area contributed by atoms with Gasteiger partial charge in [-0.25, -0.2) is 15.0 Å². The van der Waals surface area contributed by atoms with Gasteiger partial charge >= 0.3 is 0 Å². The summed E-state index contributed by atoms with van der Waals surface area (Å²) in [6.45, 7) is 1.58. The summed E-state index contributed by atoms with van der Waals surface area (Å²) in [5.74, 6) is -0.216. The van der Waals surface area contributed by atoms with Crippen LogP contribution in [0.1, 0.15) is 22.1 Å². The number of fused-ring (bicyclic) bond motifs is 1. The fourth-order valence-electron chi connectivity index (χ4n) is 5.12. The van der Waals surface area contributed by atoms with E-state index in [4.69, 9.17) is 25.3 Å². The minimum Gasteiger partial charge on any atom is -0.376 e. The van der Waals surface area contributed by atoms with Crippen molar-refractivity contribution >= 4 is 34.7 Å². The SMILES string of the molecule is [N-]=[N+]=Nc1nc(N=[N+]=[N-])c2ncn([C@@H]3S[C@H](COCc4ccccc4)[C@@H](OCc4ccccc4)[C@@H]3OCc3ccccc3)c2n1. The summed E-state index contributed by atoms with van der Waals surface area (Å²) >= 11 is 1.62. The first-order valence-corrected chi connectivity index (χ1v) is 15.1. The number of ether oxygens (including phenoxy) is 3. The molecule has 1 aliphatic heterocycles. The summed E-state index contributed by atoms with van der Waals surface area (Å²) in [6, 6.07) is 29.9. The molecule has 1 fully saturated rings. The Bertz CT molecular complexity index is 1810. The predicted octanol–water partition coefficient (Wildman–Crippen LogP) is 7.71. The van der Waals surface area contributed by atoms with Gasteiger partial charge in [0.1, 0.15) is 23.1 Å². The first-order chi connectivity index (χ1) is 22.2. The Balaban J connectivity index is 1.36. The monoisotopic (exact) mass is 620 g/mol. The number of thioether (sulfide) groups is 1. The van der Waals surface area contributed by atoms with E-state index >= 15 is 0 Å². The first-order valence-electron chi connectivity index (χ1n) is 14.2. The summed E-state index contributed by atoms with van der Waals surface area (Å²) in [7, 11) is 0. The van der Waals surface area contributed by atoms with Crippen molar-refractivity contribution in [2.75, 3.05) is 6.61 Å². The highest BCUT2D eigenvalue weighted by Crippen LogP contribution is 2.47. The third kappa shape index (κ3) is 7.24. The molecule has 6 rings (SSSR count). The maximum absolute atomic E-state index is 9.13. The van der Waals surface area contributed by atoms with Crippen LogP contribution in [0, 0.1) is 0 Å². The highest BCUT2D eigenvalue weighted by molar-refractivity contribution is 8.00. The van der Waals surface area contributed by atoms with E-state index < -0.39 is 6.10 Å². The minimum absolute atomic E-state index is 0.0342. The smallest absolute Gasteiger partial charge is 0.219 e. The molecule has 0 unspecified atom stereocenters. The van der Waals surface area contributed by atoms with Crippen molar-refractivity contribution in [3.05, 3.63) is 135 Å². The highest BCUT2D eigenvalue weighted by atomic mass is 32.2. The van der Waals surface area contributed by atoms with Gasteiger partial charge in [0.05, 0.1) is 38.0 Å². The lowest BCUT2D eigenvalue weighted by Crippen LogP contribution is -2.38. The molecule has 0 saturated carbocycles. The Morgan fingerprint density at radius 2 is 1.31 bits per heavy atom. The van der Waals surface area contributed by atoms with Gasteiger partial charge in [0.2, 0.25) is 5.95 Å². The molecule has 0 amide bonds.